The molecule has 0 radical (unpaired) electrons. The average Bonchev–Trinajstić information content (AvgIpc) is 3.22. The fourth-order valence-electron chi connectivity index (χ4n) is 2.41. The number of hydrogen-bond acceptors (Lipinski definition) is 4. The van der Waals surface area contributed by atoms with Gasteiger partial charge in [0.1, 0.15) is 0 Å². The summed E-state index contributed by atoms with van der Waals surface area (Å²) in [7, 11) is -3.11. The third-order valence-electron chi connectivity index (χ3n) is 3.99. The summed E-state index contributed by atoms with van der Waals surface area (Å²) in [6.07, 6.45) is 5.74. The predicted molar refractivity (Wildman–Crippen MR) is 78.0 cm³/mol. The first-order valence-electron chi connectivity index (χ1n) is 7.23. The quantitative estimate of drug-likeness (QED) is 0.812. The number of amides is 1. The molecule has 1 aromatic rings. The van der Waals surface area contributed by atoms with Gasteiger partial charge in [-0.05, 0) is 37.0 Å². The first-order chi connectivity index (χ1) is 10.1. The highest BCUT2D eigenvalue weighted by Crippen LogP contribution is 2.34. The van der Waals surface area contributed by atoms with E-state index < -0.39 is 10.0 Å². The van der Waals surface area contributed by atoms with E-state index >= 15 is 0 Å². The molecule has 0 atom stereocenters. The second kappa shape index (κ2) is 5.73. The van der Waals surface area contributed by atoms with Crippen LogP contribution in [0, 0.1) is 5.92 Å². The maximum atomic E-state index is 11.9. The van der Waals surface area contributed by atoms with Crippen LogP contribution in [0.2, 0.25) is 0 Å². The van der Waals surface area contributed by atoms with Crippen LogP contribution in [-0.4, -0.2) is 48.5 Å². The first kappa shape index (κ1) is 14.5. The normalized spacial score (nSPS) is 20.0. The van der Waals surface area contributed by atoms with E-state index in [9.17, 15) is 13.2 Å². The Morgan fingerprint density at radius 1 is 1.29 bits per heavy atom. The van der Waals surface area contributed by atoms with Gasteiger partial charge in [-0.3, -0.25) is 9.78 Å². The Bertz CT molecular complexity index is 608. The average molecular weight is 309 g/mol. The zero-order valence-corrected chi connectivity index (χ0v) is 12.6. The van der Waals surface area contributed by atoms with E-state index in [1.807, 2.05) is 12.1 Å². The van der Waals surface area contributed by atoms with Gasteiger partial charge in [-0.1, -0.05) is 0 Å². The van der Waals surface area contributed by atoms with Crippen molar-refractivity contribution in [2.75, 3.05) is 19.6 Å². The molecule has 1 aliphatic carbocycles. The number of carbonyl (C=O) groups is 1. The smallest absolute Gasteiger partial charge is 0.225 e. The summed E-state index contributed by atoms with van der Waals surface area (Å²) in [4.78, 5) is 15.9. The minimum atomic E-state index is -3.11. The van der Waals surface area contributed by atoms with Gasteiger partial charge >= 0.3 is 0 Å². The van der Waals surface area contributed by atoms with Crippen molar-refractivity contribution < 1.29 is 13.2 Å². The van der Waals surface area contributed by atoms with E-state index in [0.717, 1.165) is 24.8 Å². The number of sulfonamides is 1. The van der Waals surface area contributed by atoms with Gasteiger partial charge < -0.3 is 5.32 Å². The van der Waals surface area contributed by atoms with Crippen LogP contribution in [0.3, 0.4) is 0 Å². The Labute approximate surface area is 124 Å². The Kier molecular flexibility index (Phi) is 3.95. The lowest BCUT2D eigenvalue weighted by Crippen LogP contribution is -2.56. The molecule has 0 spiro atoms. The lowest BCUT2D eigenvalue weighted by atomic mass is 10.0. The number of pyridine rings is 1. The molecule has 21 heavy (non-hydrogen) atoms. The molecule has 2 fully saturated rings. The monoisotopic (exact) mass is 309 g/mol. The molecule has 1 aliphatic heterocycles. The highest BCUT2D eigenvalue weighted by molar-refractivity contribution is 7.90. The van der Waals surface area contributed by atoms with Crippen molar-refractivity contribution in [1.29, 1.82) is 0 Å². The van der Waals surface area contributed by atoms with Crippen LogP contribution >= 0.6 is 0 Å². The van der Waals surface area contributed by atoms with E-state index in [2.05, 4.69) is 10.3 Å². The molecule has 7 heteroatoms. The van der Waals surface area contributed by atoms with E-state index in [1.165, 1.54) is 4.31 Å². The van der Waals surface area contributed by atoms with Crippen LogP contribution in [0.4, 0.5) is 0 Å². The highest BCUT2D eigenvalue weighted by atomic mass is 32.2. The van der Waals surface area contributed by atoms with Gasteiger partial charge in [0.25, 0.3) is 0 Å². The SMILES string of the molecule is O=C(NCCc1ccncc1)C1CN(S(=O)(=O)C2CC2)C1. The maximum absolute atomic E-state index is 11.9. The van der Waals surface area contributed by atoms with Crippen LogP contribution in [0.1, 0.15) is 18.4 Å². The molecule has 1 N–H and O–H groups in total. The summed E-state index contributed by atoms with van der Waals surface area (Å²) in [5.74, 6) is -0.248. The van der Waals surface area contributed by atoms with Crippen LogP contribution < -0.4 is 5.32 Å². The molecule has 0 unspecified atom stereocenters. The summed E-state index contributed by atoms with van der Waals surface area (Å²) in [5, 5.41) is 2.68. The molecular weight excluding hydrogens is 290 g/mol. The van der Waals surface area contributed by atoms with E-state index in [0.29, 0.717) is 19.6 Å². The molecule has 1 saturated carbocycles. The van der Waals surface area contributed by atoms with Gasteiger partial charge in [-0.15, -0.1) is 0 Å². The second-order valence-corrected chi connectivity index (χ2v) is 7.87. The van der Waals surface area contributed by atoms with Gasteiger partial charge in [-0.2, -0.15) is 4.31 Å². The van der Waals surface area contributed by atoms with Crippen molar-refractivity contribution in [2.24, 2.45) is 5.92 Å². The summed E-state index contributed by atoms with van der Waals surface area (Å²) in [6, 6.07) is 3.83. The van der Waals surface area contributed by atoms with Crippen molar-refractivity contribution in [2.45, 2.75) is 24.5 Å². The van der Waals surface area contributed by atoms with Crippen LogP contribution in [0.5, 0.6) is 0 Å². The maximum Gasteiger partial charge on any atom is 0.225 e. The summed E-state index contributed by atoms with van der Waals surface area (Å²) in [5.41, 5.74) is 1.12. The number of hydrogen-bond donors (Lipinski definition) is 1. The molecule has 114 valence electrons. The minimum absolute atomic E-state index is 0.0497. The molecule has 0 aromatic carbocycles. The largest absolute Gasteiger partial charge is 0.355 e. The molecule has 3 rings (SSSR count). The number of aromatic nitrogens is 1. The topological polar surface area (TPSA) is 79.4 Å². The van der Waals surface area contributed by atoms with Crippen molar-refractivity contribution in [3.63, 3.8) is 0 Å². The van der Waals surface area contributed by atoms with Crippen molar-refractivity contribution in [1.82, 2.24) is 14.6 Å². The number of nitrogens with one attached hydrogen (secondary N) is 1. The molecule has 0 bridgehead atoms. The Balaban J connectivity index is 1.40. The van der Waals surface area contributed by atoms with E-state index in [-0.39, 0.29) is 17.1 Å². The molecule has 2 aliphatic rings. The summed E-state index contributed by atoms with van der Waals surface area (Å²) < 4.78 is 25.3. The van der Waals surface area contributed by atoms with Crippen LogP contribution in [0.15, 0.2) is 24.5 Å². The van der Waals surface area contributed by atoms with Gasteiger partial charge in [0.15, 0.2) is 0 Å². The lowest BCUT2D eigenvalue weighted by molar-refractivity contribution is -0.128. The van der Waals surface area contributed by atoms with E-state index in [1.54, 1.807) is 12.4 Å². The van der Waals surface area contributed by atoms with Crippen LogP contribution in [-0.2, 0) is 21.2 Å². The highest BCUT2D eigenvalue weighted by Gasteiger charge is 2.46. The summed E-state index contributed by atoms with van der Waals surface area (Å²) >= 11 is 0. The standard InChI is InChI=1S/C14H19N3O3S/c18-14(16-8-5-11-3-6-15-7-4-11)12-9-17(10-12)21(19,20)13-1-2-13/h3-4,6-7,12-13H,1-2,5,8-10H2,(H,16,18). The predicted octanol–water partition coefficient (Wildman–Crippen LogP) is 0.164. The third kappa shape index (κ3) is 3.24. The number of nitrogens with zero attached hydrogens (tertiary/aromatic N) is 2. The minimum Gasteiger partial charge on any atom is -0.355 e. The van der Waals surface area contributed by atoms with Crippen molar-refractivity contribution in [3.8, 4) is 0 Å². The second-order valence-electron chi connectivity index (χ2n) is 5.65. The molecule has 1 amide bonds. The van der Waals surface area contributed by atoms with E-state index in [4.69, 9.17) is 0 Å². The number of rotatable bonds is 6. The Morgan fingerprint density at radius 2 is 1.95 bits per heavy atom. The van der Waals surface area contributed by atoms with Crippen molar-refractivity contribution >= 4 is 15.9 Å². The third-order valence-corrected chi connectivity index (χ3v) is 6.32. The lowest BCUT2D eigenvalue weighted by Gasteiger charge is -2.37. The molecule has 1 aromatic heterocycles. The van der Waals surface area contributed by atoms with Gasteiger partial charge in [-0.25, -0.2) is 8.42 Å². The number of carbonyl (C=O) groups excluding carboxylic acids is 1. The Morgan fingerprint density at radius 3 is 2.57 bits per heavy atom. The van der Waals surface area contributed by atoms with Crippen LogP contribution in [0.25, 0.3) is 0 Å². The molecule has 1 saturated heterocycles. The van der Waals surface area contributed by atoms with Gasteiger partial charge in [0.05, 0.1) is 11.2 Å². The molecule has 2 heterocycles. The zero-order chi connectivity index (χ0) is 14.9. The molecular formula is C14H19N3O3S. The van der Waals surface area contributed by atoms with Gasteiger partial charge in [0, 0.05) is 32.0 Å². The zero-order valence-electron chi connectivity index (χ0n) is 11.7. The Hall–Kier alpha value is -1.47. The fraction of sp³-hybridized carbons (Fsp3) is 0.571. The van der Waals surface area contributed by atoms with Gasteiger partial charge in [0.2, 0.25) is 15.9 Å². The molecule has 6 nitrogen and oxygen atoms in total. The summed E-state index contributed by atoms with van der Waals surface area (Å²) in [6.45, 7) is 1.23. The fourth-order valence-corrected chi connectivity index (χ4v) is 4.34. The first-order valence-corrected chi connectivity index (χ1v) is 8.73. The van der Waals surface area contributed by atoms with Crippen molar-refractivity contribution in [3.05, 3.63) is 30.1 Å².